The van der Waals surface area contributed by atoms with Crippen molar-refractivity contribution in [3.8, 4) is 0 Å². The van der Waals surface area contributed by atoms with E-state index in [4.69, 9.17) is 9.05 Å². The highest BCUT2D eigenvalue weighted by atomic mass is 31.2. The Labute approximate surface area is 393 Å². The van der Waals surface area contributed by atoms with Gasteiger partial charge in [0.2, 0.25) is 5.91 Å². The van der Waals surface area contributed by atoms with Gasteiger partial charge in [0.15, 0.2) is 0 Å². The van der Waals surface area contributed by atoms with Crippen molar-refractivity contribution in [1.82, 2.24) is 5.32 Å². The maximum absolute atomic E-state index is 12.9. The van der Waals surface area contributed by atoms with Crippen LogP contribution in [0.2, 0.25) is 0 Å². The molecule has 0 saturated carbocycles. The standard InChI is InChI=1S/C55H93N2O6P/c1-6-8-10-12-14-16-18-20-22-24-25-26-27-28-29-30-31-33-35-37-39-41-43-45-47-49-55(59)56-53(52-63-64(60,61)62-51-50-57(3,4)5)54(58)48-46-44-42-40-38-36-34-32-23-21-19-17-15-13-11-9-7-2/h8,10,14,16,20,22-23,25-26,28-29,31-33,37-40,46,48,53-54,58H,6-7,9,11-13,15,17-19,21,24,27,30,34-36,41-45,47,49-52H2,1-5H3,(H-,56,59,60,61)/b10-8-,16-14-,22-20-,26-25-,29-28-,32-23+,33-31-,39-37-,40-38+,48-46+. The first-order valence-electron chi connectivity index (χ1n) is 24.9. The molecule has 2 N–H and O–H groups in total. The highest BCUT2D eigenvalue weighted by Gasteiger charge is 2.23. The number of rotatable bonds is 43. The third kappa shape index (κ3) is 46.9. The summed E-state index contributed by atoms with van der Waals surface area (Å²) in [4.78, 5) is 25.4. The molecule has 0 spiro atoms. The molecule has 3 unspecified atom stereocenters. The predicted molar refractivity (Wildman–Crippen MR) is 274 cm³/mol. The molecule has 0 heterocycles. The van der Waals surface area contributed by atoms with Gasteiger partial charge in [-0.3, -0.25) is 9.36 Å². The third-order valence-electron chi connectivity index (χ3n) is 10.1. The van der Waals surface area contributed by atoms with Gasteiger partial charge in [-0.25, -0.2) is 0 Å². The summed E-state index contributed by atoms with van der Waals surface area (Å²) in [6.45, 7) is 4.44. The summed E-state index contributed by atoms with van der Waals surface area (Å²) in [5.74, 6) is -0.250. The maximum Gasteiger partial charge on any atom is 0.268 e. The second-order valence-corrected chi connectivity index (χ2v) is 18.8. The largest absolute Gasteiger partial charge is 0.756 e. The minimum Gasteiger partial charge on any atom is -0.756 e. The molecule has 0 aliphatic rings. The van der Waals surface area contributed by atoms with E-state index in [0.717, 1.165) is 89.9 Å². The van der Waals surface area contributed by atoms with Crippen molar-refractivity contribution in [2.24, 2.45) is 0 Å². The molecule has 0 aliphatic carbocycles. The summed E-state index contributed by atoms with van der Waals surface area (Å²) < 4.78 is 23.2. The molecule has 0 aromatic carbocycles. The minimum atomic E-state index is -4.62. The lowest BCUT2D eigenvalue weighted by molar-refractivity contribution is -0.870. The van der Waals surface area contributed by atoms with Crippen LogP contribution in [0.3, 0.4) is 0 Å². The van der Waals surface area contributed by atoms with E-state index >= 15 is 0 Å². The summed E-state index contributed by atoms with van der Waals surface area (Å²) >= 11 is 0. The van der Waals surface area contributed by atoms with Crippen molar-refractivity contribution < 1.29 is 32.9 Å². The molecule has 0 bridgehead atoms. The number of allylic oxidation sites excluding steroid dienone is 19. The molecule has 8 nitrogen and oxygen atoms in total. The summed E-state index contributed by atoms with van der Waals surface area (Å²) in [6.07, 6.45) is 66.8. The molecule has 0 aliphatic heterocycles. The highest BCUT2D eigenvalue weighted by Crippen LogP contribution is 2.38. The topological polar surface area (TPSA) is 108 Å². The molecule has 0 saturated heterocycles. The molecule has 64 heavy (non-hydrogen) atoms. The average molecular weight is 909 g/mol. The molecule has 1 amide bonds. The molecule has 0 fully saturated rings. The predicted octanol–water partition coefficient (Wildman–Crippen LogP) is 14.0. The van der Waals surface area contributed by atoms with Crippen molar-refractivity contribution in [3.63, 3.8) is 0 Å². The van der Waals surface area contributed by atoms with Crippen LogP contribution < -0.4 is 10.2 Å². The average Bonchev–Trinajstić information content (AvgIpc) is 3.25. The monoisotopic (exact) mass is 909 g/mol. The van der Waals surface area contributed by atoms with Crippen molar-refractivity contribution in [2.45, 2.75) is 180 Å². The number of carbonyl (C=O) groups is 1. The fourth-order valence-corrected chi connectivity index (χ4v) is 6.94. The summed E-state index contributed by atoms with van der Waals surface area (Å²) in [5.41, 5.74) is 0. The van der Waals surface area contributed by atoms with E-state index in [1.807, 2.05) is 27.2 Å². The Balaban J connectivity index is 4.51. The van der Waals surface area contributed by atoms with Crippen LogP contribution in [-0.4, -0.2) is 68.5 Å². The van der Waals surface area contributed by atoms with Crippen molar-refractivity contribution in [3.05, 3.63) is 122 Å². The maximum atomic E-state index is 12.9. The van der Waals surface area contributed by atoms with Gasteiger partial charge in [0.25, 0.3) is 7.82 Å². The summed E-state index contributed by atoms with van der Waals surface area (Å²) in [7, 11) is 1.19. The zero-order chi connectivity index (χ0) is 47.1. The second kappa shape index (κ2) is 45.1. The van der Waals surface area contributed by atoms with E-state index in [0.29, 0.717) is 23.9 Å². The number of aliphatic hydroxyl groups excluding tert-OH is 1. The quantitative estimate of drug-likeness (QED) is 0.0273. The Bertz CT molecular complexity index is 1450. The normalized spacial score (nSPS) is 15.2. The number of nitrogens with one attached hydrogen (secondary N) is 1. The first-order chi connectivity index (χ1) is 31.0. The lowest BCUT2D eigenvalue weighted by Gasteiger charge is -2.29. The van der Waals surface area contributed by atoms with E-state index in [9.17, 15) is 19.4 Å². The zero-order valence-corrected chi connectivity index (χ0v) is 42.1. The van der Waals surface area contributed by atoms with Gasteiger partial charge >= 0.3 is 0 Å². The number of aliphatic hydroxyl groups is 1. The number of phosphoric ester groups is 1. The SMILES string of the molecule is CC/C=C\C/C=C\C/C=C\C/C=C\C/C=C\C/C=C\C/C=C\CCCCCC(=O)NC(COP(=O)([O-])OCC[N+](C)(C)C)C(O)/C=C/CC/C=C/CC/C=C/CCCCCCCCC. The van der Waals surface area contributed by atoms with E-state index in [2.05, 4.69) is 129 Å². The van der Waals surface area contributed by atoms with Gasteiger partial charge in [-0.15, -0.1) is 0 Å². The number of phosphoric acid groups is 1. The Morgan fingerprint density at radius 2 is 0.969 bits per heavy atom. The number of quaternary nitrogens is 1. The van der Waals surface area contributed by atoms with Gasteiger partial charge in [-0.05, 0) is 103 Å². The van der Waals surface area contributed by atoms with E-state index in [1.54, 1.807) is 6.08 Å². The summed E-state index contributed by atoms with van der Waals surface area (Å²) in [6, 6.07) is -0.937. The zero-order valence-electron chi connectivity index (χ0n) is 41.2. The smallest absolute Gasteiger partial charge is 0.268 e. The van der Waals surface area contributed by atoms with Gasteiger partial charge in [0.1, 0.15) is 13.2 Å². The molecule has 0 rings (SSSR count). The van der Waals surface area contributed by atoms with Crippen molar-refractivity contribution in [1.29, 1.82) is 0 Å². The number of hydrogen-bond acceptors (Lipinski definition) is 6. The number of carbonyl (C=O) groups excluding carboxylic acids is 1. The highest BCUT2D eigenvalue weighted by molar-refractivity contribution is 7.45. The van der Waals surface area contributed by atoms with Gasteiger partial charge in [-0.2, -0.15) is 0 Å². The third-order valence-corrected chi connectivity index (χ3v) is 11.1. The van der Waals surface area contributed by atoms with Crippen LogP contribution in [-0.2, 0) is 18.4 Å². The van der Waals surface area contributed by atoms with Gasteiger partial charge in [0.05, 0.1) is 39.9 Å². The van der Waals surface area contributed by atoms with Crippen molar-refractivity contribution >= 4 is 13.7 Å². The number of hydrogen-bond donors (Lipinski definition) is 2. The Morgan fingerprint density at radius 3 is 1.45 bits per heavy atom. The van der Waals surface area contributed by atoms with Crippen LogP contribution in [0.15, 0.2) is 122 Å². The lowest BCUT2D eigenvalue weighted by Crippen LogP contribution is -2.45. The second-order valence-electron chi connectivity index (χ2n) is 17.4. The molecule has 0 aromatic rings. The number of likely N-dealkylation sites (N-methyl/N-ethyl adjacent to an activating group) is 1. The van der Waals surface area contributed by atoms with Crippen LogP contribution in [0.4, 0.5) is 0 Å². The number of nitrogens with zero attached hydrogens (tertiary/aromatic N) is 1. The number of amides is 1. The van der Waals surface area contributed by atoms with E-state index in [-0.39, 0.29) is 18.9 Å². The van der Waals surface area contributed by atoms with Crippen LogP contribution in [0.1, 0.15) is 168 Å². The minimum absolute atomic E-state index is 0.0233. The molecule has 0 aromatic heterocycles. The van der Waals surface area contributed by atoms with Crippen LogP contribution in [0.5, 0.6) is 0 Å². The lowest BCUT2D eigenvalue weighted by atomic mass is 10.1. The molecule has 3 atom stereocenters. The van der Waals surface area contributed by atoms with Gasteiger partial charge in [-0.1, -0.05) is 180 Å². The molecule has 0 radical (unpaired) electrons. The fraction of sp³-hybridized carbons (Fsp3) is 0.618. The summed E-state index contributed by atoms with van der Waals surface area (Å²) in [5, 5.41) is 13.8. The first-order valence-corrected chi connectivity index (χ1v) is 26.4. The molecular weight excluding hydrogens is 816 g/mol. The Hall–Kier alpha value is -3.10. The first kappa shape index (κ1) is 60.9. The molecule has 364 valence electrons. The Morgan fingerprint density at radius 1 is 0.562 bits per heavy atom. The van der Waals surface area contributed by atoms with Gasteiger partial charge in [0, 0.05) is 6.42 Å². The fourth-order valence-electron chi connectivity index (χ4n) is 6.22. The van der Waals surface area contributed by atoms with Crippen LogP contribution >= 0.6 is 7.82 Å². The van der Waals surface area contributed by atoms with Crippen LogP contribution in [0, 0.1) is 0 Å². The van der Waals surface area contributed by atoms with E-state index < -0.39 is 26.6 Å². The van der Waals surface area contributed by atoms with Gasteiger partial charge < -0.3 is 28.8 Å². The Kier molecular flexibility index (Phi) is 42.9. The van der Waals surface area contributed by atoms with Crippen molar-refractivity contribution in [2.75, 3.05) is 40.9 Å². The molecular formula is C55H93N2O6P. The van der Waals surface area contributed by atoms with Crippen LogP contribution in [0.25, 0.3) is 0 Å². The number of unbranched alkanes of at least 4 members (excludes halogenated alkanes) is 12. The molecule has 9 heteroatoms. The van der Waals surface area contributed by atoms with E-state index in [1.165, 1.54) is 44.9 Å².